The number of halogens is 1. The Bertz CT molecular complexity index is 727. The second-order valence-corrected chi connectivity index (χ2v) is 5.33. The van der Waals surface area contributed by atoms with Crippen LogP contribution in [-0.4, -0.2) is 16.8 Å². The molecule has 0 saturated carbocycles. The van der Waals surface area contributed by atoms with Crippen LogP contribution in [0.3, 0.4) is 0 Å². The lowest BCUT2D eigenvalue weighted by Crippen LogP contribution is -2.04. The number of fused-ring (bicyclic) bond motifs is 2. The number of ether oxygens (including phenoxy) is 2. The summed E-state index contributed by atoms with van der Waals surface area (Å²) in [6.07, 6.45) is -0.308. The van der Waals surface area contributed by atoms with E-state index in [0.29, 0.717) is 40.5 Å². The van der Waals surface area contributed by atoms with E-state index in [1.54, 1.807) is 36.4 Å². The largest absolute Gasteiger partial charge is 0.450 e. The van der Waals surface area contributed by atoms with Gasteiger partial charge in [0.2, 0.25) is 0 Å². The van der Waals surface area contributed by atoms with Gasteiger partial charge in [-0.05, 0) is 35.9 Å². The summed E-state index contributed by atoms with van der Waals surface area (Å²) in [6.45, 7) is 1.82. The standard InChI is InChI=1S/C17H15ClO4/c1-2-12(19)10-3-5-14-16(7-10)21-15-6-4-11(13(20)9-18)8-17(15)22-14/h3-8,13,20H,2,9H2,1H3. The highest BCUT2D eigenvalue weighted by Crippen LogP contribution is 2.46. The Morgan fingerprint density at radius 3 is 2.36 bits per heavy atom. The summed E-state index contributed by atoms with van der Waals surface area (Å²) < 4.78 is 11.6. The molecule has 5 heteroatoms. The molecule has 1 heterocycles. The third-order valence-electron chi connectivity index (χ3n) is 3.53. The van der Waals surface area contributed by atoms with Crippen LogP contribution in [-0.2, 0) is 0 Å². The molecule has 1 aliphatic rings. The minimum atomic E-state index is -0.749. The molecule has 3 rings (SSSR count). The summed E-state index contributed by atoms with van der Waals surface area (Å²) in [7, 11) is 0. The van der Waals surface area contributed by atoms with Gasteiger partial charge in [-0.3, -0.25) is 4.79 Å². The van der Waals surface area contributed by atoms with Gasteiger partial charge in [-0.25, -0.2) is 0 Å². The maximum atomic E-state index is 11.8. The third kappa shape index (κ3) is 2.67. The van der Waals surface area contributed by atoms with Crippen molar-refractivity contribution < 1.29 is 19.4 Å². The van der Waals surface area contributed by atoms with E-state index in [0.717, 1.165) is 0 Å². The smallest absolute Gasteiger partial charge is 0.170 e. The van der Waals surface area contributed by atoms with Gasteiger partial charge >= 0.3 is 0 Å². The Kier molecular flexibility index (Phi) is 4.05. The van der Waals surface area contributed by atoms with Crippen molar-refractivity contribution >= 4 is 17.4 Å². The number of carbonyl (C=O) groups is 1. The van der Waals surface area contributed by atoms with E-state index < -0.39 is 6.10 Å². The van der Waals surface area contributed by atoms with E-state index in [2.05, 4.69) is 0 Å². The Morgan fingerprint density at radius 1 is 1.09 bits per heavy atom. The number of aliphatic hydroxyl groups excluding tert-OH is 1. The van der Waals surface area contributed by atoms with Crippen LogP contribution in [0.1, 0.15) is 35.4 Å². The summed E-state index contributed by atoms with van der Waals surface area (Å²) >= 11 is 5.66. The van der Waals surface area contributed by atoms with Gasteiger partial charge in [0.25, 0.3) is 0 Å². The molecule has 4 nitrogen and oxygen atoms in total. The van der Waals surface area contributed by atoms with Crippen LogP contribution in [0.4, 0.5) is 0 Å². The van der Waals surface area contributed by atoms with E-state index in [1.807, 2.05) is 6.92 Å². The first kappa shape index (κ1) is 14.9. The van der Waals surface area contributed by atoms with Crippen molar-refractivity contribution in [3.63, 3.8) is 0 Å². The van der Waals surface area contributed by atoms with Gasteiger partial charge in [-0.15, -0.1) is 11.6 Å². The van der Waals surface area contributed by atoms with Crippen molar-refractivity contribution in [2.24, 2.45) is 0 Å². The second-order valence-electron chi connectivity index (χ2n) is 5.02. The molecule has 0 spiro atoms. The molecule has 1 N–H and O–H groups in total. The quantitative estimate of drug-likeness (QED) is 0.570. The first-order valence-corrected chi connectivity index (χ1v) is 7.56. The number of carbonyl (C=O) groups excluding carboxylic acids is 1. The molecule has 0 radical (unpaired) electrons. The SMILES string of the molecule is CCC(=O)c1ccc2c(c1)Oc1ccc(C(O)CCl)cc1O2. The summed E-state index contributed by atoms with van der Waals surface area (Å²) in [4.78, 5) is 11.8. The number of aliphatic hydroxyl groups is 1. The summed E-state index contributed by atoms with van der Waals surface area (Å²) in [6, 6.07) is 10.3. The normalized spacial score (nSPS) is 13.4. The number of benzene rings is 2. The first-order chi connectivity index (χ1) is 10.6. The summed E-state index contributed by atoms with van der Waals surface area (Å²) in [5, 5.41) is 9.78. The molecule has 114 valence electrons. The van der Waals surface area contributed by atoms with Crippen LogP contribution in [0.5, 0.6) is 23.0 Å². The number of hydrogen-bond donors (Lipinski definition) is 1. The highest BCUT2D eigenvalue weighted by molar-refractivity contribution is 6.18. The highest BCUT2D eigenvalue weighted by atomic mass is 35.5. The lowest BCUT2D eigenvalue weighted by Gasteiger charge is -2.22. The van der Waals surface area contributed by atoms with Gasteiger partial charge < -0.3 is 14.6 Å². The minimum absolute atomic E-state index is 0.0535. The molecular formula is C17H15ClO4. The van der Waals surface area contributed by atoms with Gasteiger partial charge in [-0.1, -0.05) is 13.0 Å². The van der Waals surface area contributed by atoms with Crippen LogP contribution < -0.4 is 9.47 Å². The van der Waals surface area contributed by atoms with Crippen LogP contribution in [0.2, 0.25) is 0 Å². The molecule has 22 heavy (non-hydrogen) atoms. The Morgan fingerprint density at radius 2 is 1.73 bits per heavy atom. The fourth-order valence-corrected chi connectivity index (χ4v) is 2.45. The van der Waals surface area contributed by atoms with Crippen molar-refractivity contribution in [2.75, 3.05) is 5.88 Å². The fraction of sp³-hybridized carbons (Fsp3) is 0.235. The molecule has 2 aromatic carbocycles. The average Bonchev–Trinajstić information content (AvgIpc) is 2.57. The minimum Gasteiger partial charge on any atom is -0.450 e. The van der Waals surface area contributed by atoms with Crippen molar-refractivity contribution in [1.29, 1.82) is 0 Å². The van der Waals surface area contributed by atoms with Crippen molar-refractivity contribution in [2.45, 2.75) is 19.4 Å². The fourth-order valence-electron chi connectivity index (χ4n) is 2.27. The number of alkyl halides is 1. The zero-order valence-corrected chi connectivity index (χ0v) is 12.8. The van der Waals surface area contributed by atoms with Crippen molar-refractivity contribution in [3.05, 3.63) is 47.5 Å². The maximum absolute atomic E-state index is 11.8. The molecule has 0 amide bonds. The third-order valence-corrected chi connectivity index (χ3v) is 3.82. The van der Waals surface area contributed by atoms with Gasteiger partial charge in [0.15, 0.2) is 28.8 Å². The number of Topliss-reactive ketones (excluding diaryl/α,β-unsaturated/α-hetero) is 1. The van der Waals surface area contributed by atoms with Crippen LogP contribution in [0, 0.1) is 0 Å². The molecular weight excluding hydrogens is 304 g/mol. The molecule has 0 bridgehead atoms. The van der Waals surface area contributed by atoms with E-state index in [1.165, 1.54) is 0 Å². The molecule has 0 saturated heterocycles. The predicted octanol–water partition coefficient (Wildman–Crippen LogP) is 4.45. The van der Waals surface area contributed by atoms with E-state index in [9.17, 15) is 9.90 Å². The van der Waals surface area contributed by atoms with E-state index >= 15 is 0 Å². The lowest BCUT2D eigenvalue weighted by atomic mass is 10.1. The summed E-state index contributed by atoms with van der Waals surface area (Å²) in [5.41, 5.74) is 1.26. The molecule has 2 aromatic rings. The first-order valence-electron chi connectivity index (χ1n) is 7.03. The van der Waals surface area contributed by atoms with Crippen molar-refractivity contribution in [1.82, 2.24) is 0 Å². The van der Waals surface area contributed by atoms with Gasteiger partial charge in [0.05, 0.1) is 12.0 Å². The molecule has 1 aliphatic heterocycles. The Balaban J connectivity index is 1.93. The molecule has 1 unspecified atom stereocenters. The number of rotatable bonds is 4. The van der Waals surface area contributed by atoms with Crippen LogP contribution >= 0.6 is 11.6 Å². The Labute approximate surface area is 133 Å². The zero-order chi connectivity index (χ0) is 15.7. The predicted molar refractivity (Wildman–Crippen MR) is 83.3 cm³/mol. The van der Waals surface area contributed by atoms with Gasteiger partial charge in [0, 0.05) is 12.0 Å². The molecule has 0 aliphatic carbocycles. The lowest BCUT2D eigenvalue weighted by molar-refractivity contribution is 0.0987. The van der Waals surface area contributed by atoms with Crippen molar-refractivity contribution in [3.8, 4) is 23.0 Å². The summed E-state index contributed by atoms with van der Waals surface area (Å²) in [5.74, 6) is 2.27. The van der Waals surface area contributed by atoms with E-state index in [4.69, 9.17) is 21.1 Å². The molecule has 0 fully saturated rings. The highest BCUT2D eigenvalue weighted by Gasteiger charge is 2.21. The maximum Gasteiger partial charge on any atom is 0.170 e. The van der Waals surface area contributed by atoms with Crippen LogP contribution in [0.15, 0.2) is 36.4 Å². The Hall–Kier alpha value is -2.04. The monoisotopic (exact) mass is 318 g/mol. The number of hydrogen-bond acceptors (Lipinski definition) is 4. The molecule has 1 atom stereocenters. The van der Waals surface area contributed by atoms with Gasteiger partial charge in [0.1, 0.15) is 0 Å². The average molecular weight is 319 g/mol. The molecule has 0 aromatic heterocycles. The van der Waals surface area contributed by atoms with Gasteiger partial charge in [-0.2, -0.15) is 0 Å². The van der Waals surface area contributed by atoms with Crippen LogP contribution in [0.25, 0.3) is 0 Å². The second kappa shape index (κ2) is 5.99. The van der Waals surface area contributed by atoms with E-state index in [-0.39, 0.29) is 11.7 Å². The topological polar surface area (TPSA) is 55.8 Å². The zero-order valence-electron chi connectivity index (χ0n) is 12.0. The number of ketones is 1.